The molecular weight excluding hydrogens is 369 g/mol. The Balaban J connectivity index is 1.78. The number of nitrogens with one attached hydrogen (secondary N) is 2. The summed E-state index contributed by atoms with van der Waals surface area (Å²) in [7, 11) is 0. The van der Waals surface area contributed by atoms with E-state index in [1.165, 1.54) is 29.5 Å². The zero-order chi connectivity index (χ0) is 18.7. The summed E-state index contributed by atoms with van der Waals surface area (Å²) >= 11 is 1.43. The van der Waals surface area contributed by atoms with Gasteiger partial charge in [0.1, 0.15) is 11.3 Å². The first-order chi connectivity index (χ1) is 12.3. The first-order valence-electron chi connectivity index (χ1n) is 7.26. The number of aromatic amines is 1. The monoisotopic (exact) mass is 380 g/mol. The van der Waals surface area contributed by atoms with Crippen LogP contribution < -0.4 is 15.6 Å². The minimum atomic E-state index is -4.84. The van der Waals surface area contributed by atoms with Crippen molar-refractivity contribution in [3.05, 3.63) is 69.8 Å². The molecule has 0 unspecified atom stereocenters. The topological polar surface area (TPSA) is 71.2 Å². The van der Waals surface area contributed by atoms with Crippen LogP contribution in [0.4, 0.5) is 18.9 Å². The number of pyridine rings is 1. The smallest absolute Gasteiger partial charge is 0.406 e. The molecule has 0 aliphatic heterocycles. The third-order valence-corrected chi connectivity index (χ3v) is 4.17. The van der Waals surface area contributed by atoms with Crippen LogP contribution in [0.2, 0.25) is 0 Å². The predicted octanol–water partition coefficient (Wildman–Crippen LogP) is 4.25. The number of carbonyl (C=O) groups is 1. The quantitative estimate of drug-likeness (QED) is 0.711. The predicted molar refractivity (Wildman–Crippen MR) is 91.5 cm³/mol. The van der Waals surface area contributed by atoms with Crippen molar-refractivity contribution in [2.45, 2.75) is 6.36 Å². The van der Waals surface area contributed by atoms with E-state index >= 15 is 0 Å². The van der Waals surface area contributed by atoms with Crippen LogP contribution in [0.5, 0.6) is 5.75 Å². The lowest BCUT2D eigenvalue weighted by Crippen LogP contribution is -2.23. The third kappa shape index (κ3) is 4.31. The number of aromatic nitrogens is 1. The molecule has 0 atom stereocenters. The van der Waals surface area contributed by atoms with E-state index in [-0.39, 0.29) is 11.3 Å². The van der Waals surface area contributed by atoms with Gasteiger partial charge in [-0.3, -0.25) is 9.59 Å². The summed E-state index contributed by atoms with van der Waals surface area (Å²) in [5, 5.41) is 4.23. The van der Waals surface area contributed by atoms with E-state index in [1.807, 2.05) is 17.5 Å². The highest BCUT2D eigenvalue weighted by Crippen LogP contribution is 2.25. The zero-order valence-corrected chi connectivity index (χ0v) is 13.8. The van der Waals surface area contributed by atoms with Gasteiger partial charge in [-0.25, -0.2) is 0 Å². The van der Waals surface area contributed by atoms with Crippen LogP contribution in [0.15, 0.2) is 58.7 Å². The number of thiophene rings is 1. The standard InChI is InChI=1S/C17H11F3N2O3S/c18-17(19,20)25-11-4-1-3-10(9-11)21-15(23)12-6-7-13(22-16(12)24)14-5-2-8-26-14/h1-9H,(H,21,23)(H,22,24). The Kier molecular flexibility index (Phi) is 4.81. The fourth-order valence-corrected chi connectivity index (χ4v) is 2.90. The number of ether oxygens (including phenoxy) is 1. The summed E-state index contributed by atoms with van der Waals surface area (Å²) in [5.74, 6) is -1.22. The number of H-pyrrole nitrogens is 1. The van der Waals surface area contributed by atoms with Gasteiger partial charge < -0.3 is 15.0 Å². The van der Waals surface area contributed by atoms with Gasteiger partial charge in [0.2, 0.25) is 0 Å². The second kappa shape index (κ2) is 7.04. The van der Waals surface area contributed by atoms with Crippen molar-refractivity contribution in [3.63, 3.8) is 0 Å². The van der Waals surface area contributed by atoms with Crippen LogP contribution in [-0.2, 0) is 0 Å². The number of hydrogen-bond donors (Lipinski definition) is 2. The molecule has 134 valence electrons. The van der Waals surface area contributed by atoms with Gasteiger partial charge in [0.05, 0.1) is 10.6 Å². The molecule has 2 heterocycles. The lowest BCUT2D eigenvalue weighted by molar-refractivity contribution is -0.274. The van der Waals surface area contributed by atoms with E-state index in [4.69, 9.17) is 0 Å². The maximum atomic E-state index is 12.3. The third-order valence-electron chi connectivity index (χ3n) is 3.27. The molecule has 5 nitrogen and oxygen atoms in total. The largest absolute Gasteiger partial charge is 0.573 e. The van der Waals surface area contributed by atoms with Gasteiger partial charge in [-0.2, -0.15) is 0 Å². The Morgan fingerprint density at radius 2 is 1.92 bits per heavy atom. The average molecular weight is 380 g/mol. The molecule has 1 aromatic carbocycles. The number of alkyl halides is 3. The number of amides is 1. The molecule has 3 aromatic rings. The normalized spacial score (nSPS) is 11.2. The van der Waals surface area contributed by atoms with Gasteiger partial charge in [-0.05, 0) is 35.7 Å². The summed E-state index contributed by atoms with van der Waals surface area (Å²) in [4.78, 5) is 27.8. The van der Waals surface area contributed by atoms with Crippen molar-refractivity contribution in [3.8, 4) is 16.3 Å². The van der Waals surface area contributed by atoms with Crippen LogP contribution in [-0.4, -0.2) is 17.3 Å². The molecule has 0 aliphatic carbocycles. The molecule has 0 radical (unpaired) electrons. The maximum Gasteiger partial charge on any atom is 0.573 e. The number of hydrogen-bond acceptors (Lipinski definition) is 4. The van der Waals surface area contributed by atoms with Crippen LogP contribution in [0.1, 0.15) is 10.4 Å². The van der Waals surface area contributed by atoms with E-state index in [0.29, 0.717) is 5.69 Å². The minimum Gasteiger partial charge on any atom is -0.406 e. The SMILES string of the molecule is O=C(Nc1cccc(OC(F)(F)F)c1)c1ccc(-c2cccs2)[nH]c1=O. The molecule has 3 rings (SSSR count). The minimum absolute atomic E-state index is 0.0680. The lowest BCUT2D eigenvalue weighted by atomic mass is 10.2. The Morgan fingerprint density at radius 3 is 2.58 bits per heavy atom. The van der Waals surface area contributed by atoms with E-state index in [1.54, 1.807) is 6.07 Å². The molecule has 0 spiro atoms. The van der Waals surface area contributed by atoms with Gasteiger partial charge in [0, 0.05) is 11.8 Å². The average Bonchev–Trinajstić information content (AvgIpc) is 3.07. The van der Waals surface area contributed by atoms with E-state index in [0.717, 1.165) is 17.0 Å². The molecule has 0 bridgehead atoms. The summed E-state index contributed by atoms with van der Waals surface area (Å²) in [5.41, 5.74) is -0.121. The van der Waals surface area contributed by atoms with Crippen molar-refractivity contribution < 1.29 is 22.7 Å². The van der Waals surface area contributed by atoms with Crippen molar-refractivity contribution in [2.75, 3.05) is 5.32 Å². The Morgan fingerprint density at radius 1 is 1.12 bits per heavy atom. The van der Waals surface area contributed by atoms with Crippen LogP contribution in [0, 0.1) is 0 Å². The van der Waals surface area contributed by atoms with E-state index < -0.39 is 23.6 Å². The van der Waals surface area contributed by atoms with Crippen molar-refractivity contribution in [1.29, 1.82) is 0 Å². The molecule has 1 amide bonds. The van der Waals surface area contributed by atoms with Gasteiger partial charge >= 0.3 is 6.36 Å². The number of anilines is 1. The van der Waals surface area contributed by atoms with Crippen molar-refractivity contribution in [2.24, 2.45) is 0 Å². The molecule has 2 aromatic heterocycles. The van der Waals surface area contributed by atoms with Crippen molar-refractivity contribution in [1.82, 2.24) is 4.98 Å². The second-order valence-electron chi connectivity index (χ2n) is 5.12. The highest BCUT2D eigenvalue weighted by atomic mass is 32.1. The van der Waals surface area contributed by atoms with Gasteiger partial charge in [0.25, 0.3) is 11.5 Å². The first kappa shape index (κ1) is 17.7. The lowest BCUT2D eigenvalue weighted by Gasteiger charge is -2.10. The Hall–Kier alpha value is -3.07. The summed E-state index contributed by atoms with van der Waals surface area (Å²) in [6.07, 6.45) is -4.84. The van der Waals surface area contributed by atoms with Crippen LogP contribution in [0.25, 0.3) is 10.6 Å². The summed E-state index contributed by atoms with van der Waals surface area (Å²) < 4.78 is 40.6. The number of rotatable bonds is 4. The van der Waals surface area contributed by atoms with Crippen LogP contribution in [0.3, 0.4) is 0 Å². The van der Waals surface area contributed by atoms with Gasteiger partial charge in [0.15, 0.2) is 0 Å². The fourth-order valence-electron chi connectivity index (χ4n) is 2.20. The zero-order valence-electron chi connectivity index (χ0n) is 13.0. The molecule has 0 aliphatic rings. The number of carbonyl (C=O) groups excluding carboxylic acids is 1. The fraction of sp³-hybridized carbons (Fsp3) is 0.0588. The van der Waals surface area contributed by atoms with E-state index in [2.05, 4.69) is 15.0 Å². The van der Waals surface area contributed by atoms with Gasteiger partial charge in [-0.15, -0.1) is 24.5 Å². The van der Waals surface area contributed by atoms with Gasteiger partial charge in [-0.1, -0.05) is 12.1 Å². The molecule has 2 N–H and O–H groups in total. The summed E-state index contributed by atoms with van der Waals surface area (Å²) in [6.45, 7) is 0. The molecule has 0 saturated carbocycles. The first-order valence-corrected chi connectivity index (χ1v) is 8.14. The highest BCUT2D eigenvalue weighted by molar-refractivity contribution is 7.13. The summed E-state index contributed by atoms with van der Waals surface area (Å²) in [6, 6.07) is 11.4. The van der Waals surface area contributed by atoms with Crippen molar-refractivity contribution >= 4 is 22.9 Å². The molecular formula is C17H11F3N2O3S. The molecule has 0 fully saturated rings. The van der Waals surface area contributed by atoms with E-state index in [9.17, 15) is 22.8 Å². The highest BCUT2D eigenvalue weighted by Gasteiger charge is 2.31. The number of benzene rings is 1. The van der Waals surface area contributed by atoms with Crippen LogP contribution >= 0.6 is 11.3 Å². The Bertz CT molecular complexity index is 981. The molecule has 0 saturated heterocycles. The Labute approximate surface area is 149 Å². The maximum absolute atomic E-state index is 12.3. The number of halogens is 3. The second-order valence-corrected chi connectivity index (χ2v) is 6.07. The molecule has 26 heavy (non-hydrogen) atoms. The molecule has 9 heteroatoms.